The number of aryl methyl sites for hydroxylation is 2. The number of aromatic nitrogens is 5. The summed E-state index contributed by atoms with van der Waals surface area (Å²) in [7, 11) is 4.11. The first-order chi connectivity index (χ1) is 15.5. The molecule has 3 aromatic heterocycles. The number of rotatable bonds is 3. The number of H-pyrrole nitrogens is 2. The van der Waals surface area contributed by atoms with Crippen LogP contribution in [0.2, 0.25) is 0 Å². The number of hydrogen-bond donors (Lipinski definition) is 2. The molecule has 1 aliphatic carbocycles. The summed E-state index contributed by atoms with van der Waals surface area (Å²) >= 11 is 0. The van der Waals surface area contributed by atoms with E-state index in [1.54, 1.807) is 0 Å². The first kappa shape index (κ1) is 19.4. The van der Waals surface area contributed by atoms with Crippen molar-refractivity contribution in [3.8, 4) is 11.3 Å². The van der Waals surface area contributed by atoms with Gasteiger partial charge in [0.05, 0.1) is 22.9 Å². The average Bonchev–Trinajstić information content (AvgIpc) is 3.37. The van der Waals surface area contributed by atoms with Crippen LogP contribution >= 0.6 is 0 Å². The Kier molecular flexibility index (Phi) is 4.33. The van der Waals surface area contributed by atoms with Crippen molar-refractivity contribution in [2.75, 3.05) is 27.2 Å². The van der Waals surface area contributed by atoms with Gasteiger partial charge in [-0.15, -0.1) is 0 Å². The standard InChI is InChI=1S/C24H27N7O/c1-13-17(10-25-27-13)22-16-7-5-4-6-15(16)20-18(26-22)8-9-19-21(20)23(29-28-19)24(32)31-11-14(12-31)30(2)3/h8-10,14H,4-7,11-12H2,1-3H3,(H,25,27)(H,28,29). The number of likely N-dealkylation sites (N-methyl/N-ethyl adjacent to an activating group) is 1. The highest BCUT2D eigenvalue weighted by molar-refractivity contribution is 6.17. The molecule has 1 aromatic carbocycles. The molecule has 0 saturated carbocycles. The summed E-state index contributed by atoms with van der Waals surface area (Å²) in [5, 5.41) is 16.9. The Balaban J connectivity index is 1.55. The molecule has 4 aromatic rings. The molecule has 8 nitrogen and oxygen atoms in total. The third-order valence-corrected chi connectivity index (χ3v) is 7.16. The lowest BCUT2D eigenvalue weighted by molar-refractivity contribution is 0.0395. The Bertz CT molecular complexity index is 1360. The lowest BCUT2D eigenvalue weighted by Crippen LogP contribution is -2.59. The van der Waals surface area contributed by atoms with Gasteiger partial charge in [-0.25, -0.2) is 4.98 Å². The average molecular weight is 430 g/mol. The number of benzene rings is 1. The summed E-state index contributed by atoms with van der Waals surface area (Å²) in [6.07, 6.45) is 6.14. The normalized spacial score (nSPS) is 16.7. The van der Waals surface area contributed by atoms with Gasteiger partial charge in [0.2, 0.25) is 0 Å². The molecule has 4 heterocycles. The maximum absolute atomic E-state index is 13.4. The fraction of sp³-hybridized carbons (Fsp3) is 0.417. The Hall–Kier alpha value is -3.26. The molecule has 1 amide bonds. The number of fused-ring (bicyclic) bond motifs is 5. The molecule has 2 N–H and O–H groups in total. The zero-order chi connectivity index (χ0) is 22.0. The predicted molar refractivity (Wildman–Crippen MR) is 124 cm³/mol. The van der Waals surface area contributed by atoms with Crippen LogP contribution in [0.1, 0.15) is 40.2 Å². The second-order valence-electron chi connectivity index (χ2n) is 9.32. The van der Waals surface area contributed by atoms with Crippen LogP contribution in [0.15, 0.2) is 18.3 Å². The van der Waals surface area contributed by atoms with Crippen molar-refractivity contribution in [3.05, 3.63) is 40.8 Å². The van der Waals surface area contributed by atoms with E-state index in [0.717, 1.165) is 77.5 Å². The van der Waals surface area contributed by atoms with Crippen LogP contribution in [-0.2, 0) is 12.8 Å². The predicted octanol–water partition coefficient (Wildman–Crippen LogP) is 3.07. The number of nitrogens with one attached hydrogen (secondary N) is 2. The molecule has 8 heteroatoms. The Morgan fingerprint density at radius 1 is 1.09 bits per heavy atom. The van der Waals surface area contributed by atoms with Gasteiger partial charge in [-0.3, -0.25) is 15.0 Å². The number of nitrogens with zero attached hydrogens (tertiary/aromatic N) is 5. The van der Waals surface area contributed by atoms with E-state index in [4.69, 9.17) is 4.98 Å². The summed E-state index contributed by atoms with van der Waals surface area (Å²) < 4.78 is 0. The topological polar surface area (TPSA) is 93.8 Å². The number of pyridine rings is 1. The molecule has 6 rings (SSSR count). The van der Waals surface area contributed by atoms with Gasteiger partial charge in [-0.2, -0.15) is 10.2 Å². The lowest BCUT2D eigenvalue weighted by atomic mass is 9.85. The van der Waals surface area contributed by atoms with Crippen LogP contribution in [0.5, 0.6) is 0 Å². The van der Waals surface area contributed by atoms with Gasteiger partial charge in [-0.05, 0) is 70.0 Å². The first-order valence-electron chi connectivity index (χ1n) is 11.3. The number of likely N-dealkylation sites (tertiary alicyclic amines) is 1. The van der Waals surface area contributed by atoms with E-state index in [1.807, 2.05) is 30.2 Å². The monoisotopic (exact) mass is 429 g/mol. The maximum Gasteiger partial charge on any atom is 0.275 e. The Labute approximate surface area is 186 Å². The van der Waals surface area contributed by atoms with E-state index in [9.17, 15) is 4.79 Å². The molecule has 164 valence electrons. The number of hydrogen-bond acceptors (Lipinski definition) is 5. The van der Waals surface area contributed by atoms with Crippen molar-refractivity contribution in [2.24, 2.45) is 0 Å². The number of aromatic amines is 2. The van der Waals surface area contributed by atoms with Crippen molar-refractivity contribution in [3.63, 3.8) is 0 Å². The molecule has 0 unspecified atom stereocenters. The second kappa shape index (κ2) is 7.13. The van der Waals surface area contributed by atoms with E-state index in [2.05, 4.69) is 39.4 Å². The van der Waals surface area contributed by atoms with Crippen LogP contribution in [0.25, 0.3) is 33.1 Å². The minimum absolute atomic E-state index is 0.00108. The zero-order valence-electron chi connectivity index (χ0n) is 18.7. The molecular formula is C24H27N7O. The first-order valence-corrected chi connectivity index (χ1v) is 11.3. The highest BCUT2D eigenvalue weighted by Crippen LogP contribution is 2.39. The molecule has 1 aliphatic heterocycles. The Morgan fingerprint density at radius 3 is 2.59 bits per heavy atom. The van der Waals surface area contributed by atoms with Crippen LogP contribution in [0.4, 0.5) is 0 Å². The molecule has 0 radical (unpaired) electrons. The minimum atomic E-state index is 0.00108. The third kappa shape index (κ3) is 2.79. The molecule has 2 aliphatic rings. The van der Waals surface area contributed by atoms with Crippen molar-refractivity contribution in [2.45, 2.75) is 38.6 Å². The second-order valence-corrected chi connectivity index (χ2v) is 9.32. The van der Waals surface area contributed by atoms with Crippen molar-refractivity contribution in [1.82, 2.24) is 35.2 Å². The molecule has 32 heavy (non-hydrogen) atoms. The van der Waals surface area contributed by atoms with Gasteiger partial charge in [0.15, 0.2) is 5.69 Å². The van der Waals surface area contributed by atoms with Gasteiger partial charge in [0.1, 0.15) is 0 Å². The van der Waals surface area contributed by atoms with Gasteiger partial charge in [0, 0.05) is 41.2 Å². The SMILES string of the molecule is Cc1[nH]ncc1-c1nc2ccc3[nH]nc(C(=O)N4CC(N(C)C)C4)c3c2c2c1CCCC2. The third-order valence-electron chi connectivity index (χ3n) is 7.16. The van der Waals surface area contributed by atoms with Crippen molar-refractivity contribution >= 4 is 27.7 Å². The smallest absolute Gasteiger partial charge is 0.275 e. The quantitative estimate of drug-likeness (QED) is 0.522. The van der Waals surface area contributed by atoms with Gasteiger partial charge in [0.25, 0.3) is 5.91 Å². The van der Waals surface area contributed by atoms with Gasteiger partial charge < -0.3 is 9.80 Å². The van der Waals surface area contributed by atoms with E-state index in [0.29, 0.717) is 11.7 Å². The fourth-order valence-corrected chi connectivity index (χ4v) is 5.20. The molecule has 0 atom stereocenters. The summed E-state index contributed by atoms with van der Waals surface area (Å²) in [6.45, 7) is 3.52. The summed E-state index contributed by atoms with van der Waals surface area (Å²) in [5.41, 5.74) is 8.04. The lowest BCUT2D eigenvalue weighted by Gasteiger charge is -2.42. The van der Waals surface area contributed by atoms with Crippen LogP contribution in [0.3, 0.4) is 0 Å². The molecule has 0 bridgehead atoms. The van der Waals surface area contributed by atoms with Crippen LogP contribution < -0.4 is 0 Å². The fourth-order valence-electron chi connectivity index (χ4n) is 5.20. The van der Waals surface area contributed by atoms with E-state index < -0.39 is 0 Å². The zero-order valence-corrected chi connectivity index (χ0v) is 18.7. The Morgan fingerprint density at radius 2 is 1.88 bits per heavy atom. The van der Waals surface area contributed by atoms with Crippen LogP contribution in [-0.4, -0.2) is 74.3 Å². The summed E-state index contributed by atoms with van der Waals surface area (Å²) in [6, 6.07) is 4.45. The molecule has 0 spiro atoms. The van der Waals surface area contributed by atoms with Gasteiger partial charge >= 0.3 is 0 Å². The van der Waals surface area contributed by atoms with Crippen molar-refractivity contribution in [1.29, 1.82) is 0 Å². The molecule has 1 fully saturated rings. The molecule has 1 saturated heterocycles. The number of carbonyl (C=O) groups excluding carboxylic acids is 1. The van der Waals surface area contributed by atoms with Crippen LogP contribution in [0, 0.1) is 6.92 Å². The maximum atomic E-state index is 13.4. The van der Waals surface area contributed by atoms with E-state index in [-0.39, 0.29) is 5.91 Å². The van der Waals surface area contributed by atoms with E-state index in [1.165, 1.54) is 11.1 Å². The summed E-state index contributed by atoms with van der Waals surface area (Å²) in [4.78, 5) is 22.5. The largest absolute Gasteiger partial charge is 0.334 e. The number of carbonyl (C=O) groups is 1. The number of amides is 1. The highest BCUT2D eigenvalue weighted by atomic mass is 16.2. The summed E-state index contributed by atoms with van der Waals surface area (Å²) in [5.74, 6) is 0.00108. The van der Waals surface area contributed by atoms with Crippen molar-refractivity contribution < 1.29 is 4.79 Å². The highest BCUT2D eigenvalue weighted by Gasteiger charge is 2.35. The van der Waals surface area contributed by atoms with E-state index >= 15 is 0 Å². The molecular weight excluding hydrogens is 402 g/mol. The van der Waals surface area contributed by atoms with Gasteiger partial charge in [-0.1, -0.05) is 0 Å². The minimum Gasteiger partial charge on any atom is -0.334 e.